The highest BCUT2D eigenvalue weighted by Crippen LogP contribution is 2.48. The molecular formula is C20H26O7Si. The Kier molecular flexibility index (Phi) is 5.56. The zero-order valence-corrected chi connectivity index (χ0v) is 17.8. The number of methoxy groups -OCH3 is 2. The maximum absolute atomic E-state index is 12.8. The molecule has 2 aromatic carbocycles. The number of carbonyl (C=O) groups excluding carboxylic acids is 1. The van der Waals surface area contributed by atoms with Crippen LogP contribution in [0.5, 0.6) is 23.0 Å². The van der Waals surface area contributed by atoms with E-state index >= 15 is 0 Å². The molecule has 2 aromatic rings. The molecule has 1 aliphatic carbocycles. The highest BCUT2D eigenvalue weighted by Gasteiger charge is 2.35. The summed E-state index contributed by atoms with van der Waals surface area (Å²) in [5.41, 5.74) is 0.531. The van der Waals surface area contributed by atoms with Crippen LogP contribution in [-0.4, -0.2) is 51.4 Å². The van der Waals surface area contributed by atoms with E-state index in [-0.39, 0.29) is 53.3 Å². The summed E-state index contributed by atoms with van der Waals surface area (Å²) in [4.78, 5) is 12.8. The van der Waals surface area contributed by atoms with Crippen LogP contribution < -0.4 is 9.47 Å². The van der Waals surface area contributed by atoms with Gasteiger partial charge in [-0.2, -0.15) is 0 Å². The van der Waals surface area contributed by atoms with Crippen LogP contribution in [0.15, 0.2) is 12.1 Å². The third-order valence-electron chi connectivity index (χ3n) is 4.60. The lowest BCUT2D eigenvalue weighted by molar-refractivity contribution is 0.0520. The van der Waals surface area contributed by atoms with Crippen molar-refractivity contribution in [2.75, 3.05) is 21.0 Å². The summed E-state index contributed by atoms with van der Waals surface area (Å²) in [5, 5.41) is 22.5. The van der Waals surface area contributed by atoms with Crippen molar-refractivity contribution in [3.05, 3.63) is 23.3 Å². The molecule has 28 heavy (non-hydrogen) atoms. The lowest BCUT2D eigenvalue weighted by Gasteiger charge is -2.31. The molecule has 0 heterocycles. The van der Waals surface area contributed by atoms with E-state index < -0.39 is 8.32 Å². The molecule has 0 radical (unpaired) electrons. The van der Waals surface area contributed by atoms with Gasteiger partial charge in [0.05, 0.1) is 24.2 Å². The molecule has 2 N–H and O–H groups in total. The smallest absolute Gasteiger partial charge is 0.188 e. The van der Waals surface area contributed by atoms with Gasteiger partial charge >= 0.3 is 0 Å². The molecule has 7 nitrogen and oxygen atoms in total. The summed E-state index contributed by atoms with van der Waals surface area (Å²) in [7, 11) is 1.10. The number of ketones is 1. The molecule has 0 aromatic heterocycles. The van der Waals surface area contributed by atoms with E-state index in [1.54, 1.807) is 12.1 Å². The van der Waals surface area contributed by atoms with E-state index in [0.717, 1.165) is 0 Å². The highest BCUT2D eigenvalue weighted by atomic mass is 28.4. The zero-order valence-electron chi connectivity index (χ0n) is 16.8. The number of aromatic hydroxyl groups is 2. The second-order valence-electron chi connectivity index (χ2n) is 7.83. The molecule has 0 aliphatic heterocycles. The van der Waals surface area contributed by atoms with Crippen LogP contribution in [-0.2, 0) is 15.6 Å². The number of phenols is 2. The monoisotopic (exact) mass is 406 g/mol. The van der Waals surface area contributed by atoms with Crippen molar-refractivity contribution < 1.29 is 33.6 Å². The molecule has 1 aliphatic rings. The lowest BCUT2D eigenvalue weighted by atomic mass is 9.84. The second kappa shape index (κ2) is 7.61. The van der Waals surface area contributed by atoms with E-state index in [4.69, 9.17) is 18.6 Å². The fourth-order valence-corrected chi connectivity index (χ4v) is 4.78. The van der Waals surface area contributed by atoms with Gasteiger partial charge in [-0.3, -0.25) is 4.79 Å². The summed E-state index contributed by atoms with van der Waals surface area (Å²) in [6.45, 7) is 6.10. The maximum Gasteiger partial charge on any atom is 0.188 e. The van der Waals surface area contributed by atoms with Gasteiger partial charge in [0.25, 0.3) is 0 Å². The van der Waals surface area contributed by atoms with Crippen LogP contribution in [0.1, 0.15) is 22.3 Å². The van der Waals surface area contributed by atoms with Crippen molar-refractivity contribution in [2.24, 2.45) is 0 Å². The first-order chi connectivity index (χ1) is 13.2. The Balaban J connectivity index is 2.21. The minimum atomic E-state index is -1.87. The molecule has 0 spiro atoms. The van der Waals surface area contributed by atoms with Crippen molar-refractivity contribution in [3.63, 3.8) is 0 Å². The van der Waals surface area contributed by atoms with E-state index in [1.165, 1.54) is 14.2 Å². The van der Waals surface area contributed by atoms with E-state index in [2.05, 4.69) is 19.6 Å². The Morgan fingerprint density at radius 3 is 2.43 bits per heavy atom. The molecule has 0 fully saturated rings. The van der Waals surface area contributed by atoms with Crippen molar-refractivity contribution in [1.29, 1.82) is 0 Å². The van der Waals surface area contributed by atoms with E-state index in [1.807, 2.05) is 0 Å². The van der Waals surface area contributed by atoms with Gasteiger partial charge < -0.3 is 28.8 Å². The maximum atomic E-state index is 12.8. The van der Waals surface area contributed by atoms with Gasteiger partial charge in [-0.1, -0.05) is 0 Å². The van der Waals surface area contributed by atoms with Crippen molar-refractivity contribution in [3.8, 4) is 23.0 Å². The summed E-state index contributed by atoms with van der Waals surface area (Å²) < 4.78 is 21.9. The normalized spacial score (nSPS) is 16.9. The quantitative estimate of drug-likeness (QED) is 0.430. The number of carbonyl (C=O) groups is 1. The first-order valence-electron chi connectivity index (χ1n) is 9.07. The Morgan fingerprint density at radius 1 is 1.11 bits per heavy atom. The van der Waals surface area contributed by atoms with Crippen LogP contribution in [0.2, 0.25) is 19.6 Å². The van der Waals surface area contributed by atoms with Crippen LogP contribution in [0, 0.1) is 0 Å². The highest BCUT2D eigenvalue weighted by molar-refractivity contribution is 6.69. The Bertz CT molecular complexity index is 917. The number of hydrogen-bond donors (Lipinski definition) is 2. The SMILES string of the molecule is COCOc1cc(OC)cc2c(O)c3c(c(O)c12)C(=O)C[C@@H](O[Si](C)(C)C)C3. The lowest BCUT2D eigenvalue weighted by Crippen LogP contribution is -2.37. The second-order valence-corrected chi connectivity index (χ2v) is 12.3. The number of ether oxygens (including phenoxy) is 3. The minimum absolute atomic E-state index is 0.0559. The van der Waals surface area contributed by atoms with Gasteiger partial charge in [-0.15, -0.1) is 0 Å². The average Bonchev–Trinajstić information content (AvgIpc) is 2.61. The Labute approximate surface area is 164 Å². The Hall–Kier alpha value is -2.29. The molecular weight excluding hydrogens is 380 g/mol. The van der Waals surface area contributed by atoms with E-state index in [9.17, 15) is 15.0 Å². The predicted octanol–water partition coefficient (Wildman–Crippen LogP) is 3.59. The van der Waals surface area contributed by atoms with Crippen molar-refractivity contribution >= 4 is 24.9 Å². The summed E-state index contributed by atoms with van der Waals surface area (Å²) in [5.74, 6) is 0.187. The molecule has 8 heteroatoms. The summed E-state index contributed by atoms with van der Waals surface area (Å²) in [6.07, 6.45) is 0.205. The molecule has 3 rings (SSSR count). The molecule has 0 saturated carbocycles. The largest absolute Gasteiger partial charge is 0.507 e. The van der Waals surface area contributed by atoms with Gasteiger partial charge in [0.1, 0.15) is 23.0 Å². The van der Waals surface area contributed by atoms with Gasteiger partial charge in [0, 0.05) is 37.0 Å². The number of benzene rings is 2. The average molecular weight is 407 g/mol. The number of Topliss-reactive ketones (excluding diaryl/α,β-unsaturated/α-hetero) is 1. The molecule has 152 valence electrons. The Morgan fingerprint density at radius 2 is 1.82 bits per heavy atom. The van der Waals surface area contributed by atoms with Crippen LogP contribution in [0.25, 0.3) is 10.8 Å². The fourth-order valence-electron chi connectivity index (χ4n) is 3.62. The fraction of sp³-hybridized carbons (Fsp3) is 0.450. The minimum Gasteiger partial charge on any atom is -0.507 e. The molecule has 1 atom stereocenters. The van der Waals surface area contributed by atoms with Crippen LogP contribution in [0.3, 0.4) is 0 Å². The van der Waals surface area contributed by atoms with Gasteiger partial charge in [-0.25, -0.2) is 0 Å². The van der Waals surface area contributed by atoms with Crippen LogP contribution >= 0.6 is 0 Å². The zero-order chi connectivity index (χ0) is 20.6. The molecule has 0 bridgehead atoms. The number of hydrogen-bond acceptors (Lipinski definition) is 7. The number of fused-ring (bicyclic) bond motifs is 2. The molecule has 0 amide bonds. The van der Waals surface area contributed by atoms with E-state index in [0.29, 0.717) is 23.1 Å². The van der Waals surface area contributed by atoms with Crippen LogP contribution in [0.4, 0.5) is 0 Å². The first-order valence-corrected chi connectivity index (χ1v) is 12.5. The topological polar surface area (TPSA) is 94.5 Å². The van der Waals surface area contributed by atoms with Gasteiger partial charge in [0.15, 0.2) is 20.9 Å². The van der Waals surface area contributed by atoms with Crippen molar-refractivity contribution in [1.82, 2.24) is 0 Å². The predicted molar refractivity (Wildman–Crippen MR) is 107 cm³/mol. The summed E-state index contributed by atoms with van der Waals surface area (Å²) in [6, 6.07) is 3.19. The third kappa shape index (κ3) is 3.80. The molecule has 0 saturated heterocycles. The summed E-state index contributed by atoms with van der Waals surface area (Å²) >= 11 is 0. The first kappa shape index (κ1) is 20.4. The number of rotatable bonds is 6. The van der Waals surface area contributed by atoms with Gasteiger partial charge in [-0.05, 0) is 25.7 Å². The molecule has 0 unspecified atom stereocenters. The van der Waals surface area contributed by atoms with Crippen molar-refractivity contribution in [2.45, 2.75) is 38.6 Å². The number of phenolic OH excluding ortho intramolecular Hbond substituents is 2. The van der Waals surface area contributed by atoms with Gasteiger partial charge in [0.2, 0.25) is 0 Å². The third-order valence-corrected chi connectivity index (χ3v) is 5.64. The standard InChI is InChI=1S/C20H26O7Si/c1-24-10-26-16-9-11(25-2)6-14-18(16)20(23)17-13(19(14)22)7-12(8-15(17)21)27-28(3,4)5/h6,9,12,22-23H,7-8,10H2,1-5H3/t12-/m0/s1.